The average molecular weight is 525 g/mol. The summed E-state index contributed by atoms with van der Waals surface area (Å²) >= 11 is 0. The van der Waals surface area contributed by atoms with Gasteiger partial charge >= 0.3 is 0 Å². The van der Waals surface area contributed by atoms with Gasteiger partial charge in [-0.25, -0.2) is 0 Å². The Morgan fingerprint density at radius 2 is 1.42 bits per heavy atom. The first-order valence-corrected chi connectivity index (χ1v) is 14.0. The van der Waals surface area contributed by atoms with Gasteiger partial charge in [0.1, 0.15) is 5.54 Å². The van der Waals surface area contributed by atoms with E-state index in [2.05, 4.69) is 33.4 Å². The van der Waals surface area contributed by atoms with E-state index < -0.39 is 11.6 Å². The molecule has 2 aromatic carbocycles. The molecule has 0 spiro atoms. The Kier molecular flexibility index (Phi) is 14.6. The van der Waals surface area contributed by atoms with E-state index in [4.69, 9.17) is 11.5 Å². The minimum atomic E-state index is -1.06. The maximum atomic E-state index is 13.5. The molecule has 210 valence electrons. The van der Waals surface area contributed by atoms with Crippen LogP contribution in [0.15, 0.2) is 60.7 Å². The fraction of sp³-hybridized carbons (Fsp3) is 0.533. The molecular weight excluding hydrogens is 476 g/mol. The Bertz CT molecular complexity index is 927. The van der Waals surface area contributed by atoms with Crippen LogP contribution < -0.4 is 32.7 Å². The van der Waals surface area contributed by atoms with Crippen LogP contribution in [-0.2, 0) is 22.4 Å². The molecule has 0 unspecified atom stereocenters. The molecular formula is C30H48N6O2. The number of benzene rings is 2. The molecule has 0 saturated carbocycles. The molecule has 0 aliphatic carbocycles. The van der Waals surface area contributed by atoms with Gasteiger partial charge in [-0.1, -0.05) is 67.6 Å². The number of amides is 2. The van der Waals surface area contributed by atoms with Crippen molar-refractivity contribution >= 4 is 11.8 Å². The fourth-order valence-electron chi connectivity index (χ4n) is 4.18. The van der Waals surface area contributed by atoms with Crippen LogP contribution >= 0.6 is 0 Å². The van der Waals surface area contributed by atoms with E-state index in [0.29, 0.717) is 25.8 Å². The highest BCUT2D eigenvalue weighted by Crippen LogP contribution is 2.13. The van der Waals surface area contributed by atoms with Gasteiger partial charge in [-0.05, 0) is 82.8 Å². The summed E-state index contributed by atoms with van der Waals surface area (Å²) in [7, 11) is 0. The number of rotatable bonds is 19. The van der Waals surface area contributed by atoms with Crippen LogP contribution in [0.4, 0.5) is 0 Å². The fourth-order valence-corrected chi connectivity index (χ4v) is 4.18. The molecule has 2 aromatic rings. The molecule has 0 aromatic heterocycles. The number of hydrogen-bond acceptors (Lipinski definition) is 6. The molecule has 2 amide bonds. The summed E-state index contributed by atoms with van der Waals surface area (Å²) in [5, 5.41) is 13.0. The number of hydrogen-bond donors (Lipinski definition) is 6. The van der Waals surface area contributed by atoms with E-state index in [1.807, 2.05) is 55.5 Å². The molecule has 0 bridgehead atoms. The Morgan fingerprint density at radius 1 is 0.842 bits per heavy atom. The van der Waals surface area contributed by atoms with Crippen molar-refractivity contribution in [2.75, 3.05) is 32.7 Å². The standard InChI is InChI=1S/C30H48N6O2/c1-3-30(2,36-28(37)27(32)22-25-15-8-5-9-16-25)29(38)35-26(21-24-13-6-4-7-14-24)23-34-20-12-19-33-18-11-10-17-31/h4-9,13-16,26-27,33-34H,3,10-12,17-23,31-32H2,1-2H3,(H,35,38)(H,36,37)/t26-,27-,30-/m0/s1. The number of carbonyl (C=O) groups is 2. The molecule has 0 aliphatic rings. The second kappa shape index (κ2) is 17.7. The average Bonchev–Trinajstić information content (AvgIpc) is 2.93. The van der Waals surface area contributed by atoms with Crippen LogP contribution in [0.2, 0.25) is 0 Å². The molecule has 0 saturated heterocycles. The van der Waals surface area contributed by atoms with Gasteiger partial charge in [-0.2, -0.15) is 0 Å². The Balaban J connectivity index is 1.92. The molecule has 0 aliphatic heterocycles. The van der Waals surface area contributed by atoms with Crippen LogP contribution in [0, 0.1) is 0 Å². The predicted octanol–water partition coefficient (Wildman–Crippen LogP) is 1.88. The zero-order chi connectivity index (χ0) is 27.6. The van der Waals surface area contributed by atoms with Crippen molar-refractivity contribution < 1.29 is 9.59 Å². The summed E-state index contributed by atoms with van der Waals surface area (Å²) in [6, 6.07) is 18.9. The molecule has 38 heavy (non-hydrogen) atoms. The lowest BCUT2D eigenvalue weighted by Gasteiger charge is -2.32. The highest BCUT2D eigenvalue weighted by atomic mass is 16.2. The zero-order valence-electron chi connectivity index (χ0n) is 23.2. The largest absolute Gasteiger partial charge is 0.350 e. The third-order valence-electron chi connectivity index (χ3n) is 6.81. The lowest BCUT2D eigenvalue weighted by molar-refractivity contribution is -0.134. The maximum Gasteiger partial charge on any atom is 0.245 e. The predicted molar refractivity (Wildman–Crippen MR) is 156 cm³/mol. The van der Waals surface area contributed by atoms with Crippen molar-refractivity contribution in [2.24, 2.45) is 11.5 Å². The summed E-state index contributed by atoms with van der Waals surface area (Å²) in [6.45, 7) is 7.80. The maximum absolute atomic E-state index is 13.5. The van der Waals surface area contributed by atoms with Gasteiger partial charge in [0.05, 0.1) is 6.04 Å². The van der Waals surface area contributed by atoms with Crippen LogP contribution in [0.25, 0.3) is 0 Å². The van der Waals surface area contributed by atoms with Crippen molar-refractivity contribution in [1.82, 2.24) is 21.3 Å². The minimum Gasteiger partial charge on any atom is -0.350 e. The van der Waals surface area contributed by atoms with E-state index in [0.717, 1.165) is 56.6 Å². The monoisotopic (exact) mass is 524 g/mol. The van der Waals surface area contributed by atoms with Gasteiger partial charge < -0.3 is 32.7 Å². The van der Waals surface area contributed by atoms with Crippen molar-refractivity contribution in [1.29, 1.82) is 0 Å². The number of nitrogens with one attached hydrogen (secondary N) is 4. The first-order chi connectivity index (χ1) is 18.4. The van der Waals surface area contributed by atoms with Gasteiger partial charge in [-0.3, -0.25) is 9.59 Å². The van der Waals surface area contributed by atoms with Crippen molar-refractivity contribution in [2.45, 2.75) is 70.0 Å². The molecule has 8 heteroatoms. The van der Waals surface area contributed by atoms with Crippen LogP contribution in [-0.4, -0.2) is 62.2 Å². The molecule has 0 radical (unpaired) electrons. The van der Waals surface area contributed by atoms with Crippen LogP contribution in [0.1, 0.15) is 50.7 Å². The molecule has 0 heterocycles. The van der Waals surface area contributed by atoms with Crippen LogP contribution in [0.3, 0.4) is 0 Å². The normalized spacial score (nSPS) is 14.3. The summed E-state index contributed by atoms with van der Waals surface area (Å²) in [4.78, 5) is 26.4. The lowest BCUT2D eigenvalue weighted by atomic mass is 9.95. The third-order valence-corrected chi connectivity index (χ3v) is 6.81. The highest BCUT2D eigenvalue weighted by molar-refractivity contribution is 5.93. The Hall–Kier alpha value is -2.78. The highest BCUT2D eigenvalue weighted by Gasteiger charge is 2.35. The van der Waals surface area contributed by atoms with Crippen molar-refractivity contribution in [3.05, 3.63) is 71.8 Å². The quantitative estimate of drug-likeness (QED) is 0.155. The first-order valence-electron chi connectivity index (χ1n) is 14.0. The topological polar surface area (TPSA) is 134 Å². The third kappa shape index (κ3) is 11.7. The SMILES string of the molecule is CC[C@](C)(NC(=O)[C@@H](N)Cc1ccccc1)C(=O)N[C@H](CNCCCNCCCCN)Cc1ccccc1. The summed E-state index contributed by atoms with van der Waals surface area (Å²) < 4.78 is 0. The molecule has 8 N–H and O–H groups in total. The van der Waals surface area contributed by atoms with Crippen LogP contribution in [0.5, 0.6) is 0 Å². The molecule has 8 nitrogen and oxygen atoms in total. The van der Waals surface area contributed by atoms with E-state index in [1.54, 1.807) is 6.92 Å². The number of carbonyl (C=O) groups excluding carboxylic acids is 2. The Morgan fingerprint density at radius 3 is 2.03 bits per heavy atom. The smallest absolute Gasteiger partial charge is 0.245 e. The molecule has 0 fully saturated rings. The molecule has 2 rings (SSSR count). The van der Waals surface area contributed by atoms with Gasteiger partial charge in [0, 0.05) is 12.6 Å². The van der Waals surface area contributed by atoms with E-state index in [-0.39, 0.29) is 17.9 Å². The van der Waals surface area contributed by atoms with Gasteiger partial charge in [0.15, 0.2) is 0 Å². The first kappa shape index (κ1) is 31.4. The lowest BCUT2D eigenvalue weighted by Crippen LogP contribution is -2.61. The van der Waals surface area contributed by atoms with Gasteiger partial charge in [-0.15, -0.1) is 0 Å². The Labute approximate surface area is 228 Å². The summed E-state index contributed by atoms with van der Waals surface area (Å²) in [5.41, 5.74) is 12.8. The second-order valence-electron chi connectivity index (χ2n) is 10.1. The zero-order valence-corrected chi connectivity index (χ0v) is 23.2. The van der Waals surface area contributed by atoms with E-state index in [9.17, 15) is 9.59 Å². The minimum absolute atomic E-state index is 0.122. The van der Waals surface area contributed by atoms with Crippen molar-refractivity contribution in [3.8, 4) is 0 Å². The van der Waals surface area contributed by atoms with Gasteiger partial charge in [0.2, 0.25) is 11.8 Å². The summed E-state index contributed by atoms with van der Waals surface area (Å²) in [6.07, 6.45) is 4.69. The summed E-state index contributed by atoms with van der Waals surface area (Å²) in [5.74, 6) is -0.533. The van der Waals surface area contributed by atoms with E-state index in [1.165, 1.54) is 0 Å². The van der Waals surface area contributed by atoms with E-state index >= 15 is 0 Å². The number of unbranched alkanes of at least 4 members (excludes halogenated alkanes) is 1. The van der Waals surface area contributed by atoms with Gasteiger partial charge in [0.25, 0.3) is 0 Å². The van der Waals surface area contributed by atoms with Crippen molar-refractivity contribution in [3.63, 3.8) is 0 Å². The second-order valence-corrected chi connectivity index (χ2v) is 10.1. The number of nitrogens with two attached hydrogens (primary N) is 2. The molecule has 3 atom stereocenters.